The highest BCUT2D eigenvalue weighted by molar-refractivity contribution is 6.91. The lowest BCUT2D eigenvalue weighted by molar-refractivity contribution is 0.980. The van der Waals surface area contributed by atoms with E-state index in [1.165, 1.54) is 34.6 Å². The first-order chi connectivity index (χ1) is 9.11. The normalized spacial score (nSPS) is 12.3. The zero-order chi connectivity index (χ0) is 14.0. The van der Waals surface area contributed by atoms with Crippen LogP contribution in [0.2, 0.25) is 18.1 Å². The van der Waals surface area contributed by atoms with Gasteiger partial charge in [-0.05, 0) is 29.5 Å². The summed E-state index contributed by atoms with van der Waals surface area (Å²) >= 11 is 0. The van der Waals surface area contributed by atoms with E-state index in [0.717, 1.165) is 6.42 Å². The topological polar surface area (TPSA) is 4.93 Å². The summed E-state index contributed by atoms with van der Waals surface area (Å²) in [6, 6.07) is 13.5. The van der Waals surface area contributed by atoms with Gasteiger partial charge in [0.25, 0.3) is 0 Å². The van der Waals surface area contributed by atoms with Crippen molar-refractivity contribution in [3.63, 3.8) is 0 Å². The molecule has 2 rings (SSSR count). The Morgan fingerprint density at radius 2 is 1.58 bits per heavy atom. The molecule has 19 heavy (non-hydrogen) atoms. The molecular formula is C17H27NSi. The van der Waals surface area contributed by atoms with Crippen LogP contribution in [0.1, 0.15) is 33.3 Å². The molecule has 1 heterocycles. The van der Waals surface area contributed by atoms with E-state index in [0.29, 0.717) is 0 Å². The number of rotatable bonds is 5. The van der Waals surface area contributed by atoms with Crippen LogP contribution >= 0.6 is 0 Å². The Bertz CT molecular complexity index is 556. The summed E-state index contributed by atoms with van der Waals surface area (Å²) in [4.78, 5) is 0. The molecule has 1 aromatic heterocycles. The molecule has 0 N–H and O–H groups in total. The van der Waals surface area contributed by atoms with Crippen LogP contribution in [0.4, 0.5) is 0 Å². The van der Waals surface area contributed by atoms with Crippen molar-refractivity contribution in [3.05, 3.63) is 29.8 Å². The van der Waals surface area contributed by atoms with Gasteiger partial charge in [-0.2, -0.15) is 0 Å². The number of fused-ring (bicyclic) bond motifs is 1. The lowest BCUT2D eigenvalue weighted by Crippen LogP contribution is -2.48. The summed E-state index contributed by atoms with van der Waals surface area (Å²) in [6.45, 7) is 9.38. The second kappa shape index (κ2) is 5.54. The highest BCUT2D eigenvalue weighted by Crippen LogP contribution is 2.24. The first kappa shape index (κ1) is 14.4. The van der Waals surface area contributed by atoms with E-state index in [4.69, 9.17) is 0 Å². The van der Waals surface area contributed by atoms with Crippen molar-refractivity contribution in [2.24, 2.45) is 7.05 Å². The molecule has 0 unspecified atom stereocenters. The molecule has 0 aliphatic rings. The molecule has 0 spiro atoms. The summed E-state index contributed by atoms with van der Waals surface area (Å²) < 4.78 is 2.48. The molecule has 0 atom stereocenters. The summed E-state index contributed by atoms with van der Waals surface area (Å²) in [5.41, 5.74) is 2.86. The first-order valence-electron chi connectivity index (χ1n) is 7.70. The molecule has 0 fully saturated rings. The standard InChI is InChI=1S/C17H27NSi/c1-6-14-10-11-15-13-17(18(5)16(15)12-14)19(7-2,8-3)9-4/h10-13H,6-9H2,1-5H3. The smallest absolute Gasteiger partial charge is 0.107 e. The highest BCUT2D eigenvalue weighted by atomic mass is 28.3. The molecule has 0 aliphatic carbocycles. The van der Waals surface area contributed by atoms with Crippen molar-refractivity contribution < 1.29 is 0 Å². The Morgan fingerprint density at radius 3 is 2.11 bits per heavy atom. The number of hydrogen-bond donors (Lipinski definition) is 0. The van der Waals surface area contributed by atoms with Crippen LogP contribution in [0.25, 0.3) is 10.9 Å². The molecule has 104 valence electrons. The van der Waals surface area contributed by atoms with E-state index in [-0.39, 0.29) is 0 Å². The molecule has 2 heteroatoms. The third-order valence-electron chi connectivity index (χ3n) is 5.09. The zero-order valence-corrected chi connectivity index (χ0v) is 14.1. The minimum absolute atomic E-state index is 1.12. The lowest BCUT2D eigenvalue weighted by Gasteiger charge is -2.28. The second-order valence-corrected chi connectivity index (χ2v) is 10.9. The third kappa shape index (κ3) is 2.27. The molecule has 0 amide bonds. The summed E-state index contributed by atoms with van der Waals surface area (Å²) in [7, 11) is 0.978. The van der Waals surface area contributed by atoms with Crippen molar-refractivity contribution in [1.29, 1.82) is 0 Å². The van der Waals surface area contributed by atoms with Gasteiger partial charge in [0.2, 0.25) is 0 Å². The Balaban J connectivity index is 2.65. The molecule has 0 radical (unpaired) electrons. The highest BCUT2D eigenvalue weighted by Gasteiger charge is 2.32. The Hall–Kier alpha value is -1.02. The van der Waals surface area contributed by atoms with Crippen molar-refractivity contribution in [3.8, 4) is 0 Å². The van der Waals surface area contributed by atoms with E-state index in [1.807, 2.05) is 0 Å². The number of nitrogens with zero attached hydrogens (tertiary/aromatic N) is 1. The van der Waals surface area contributed by atoms with Gasteiger partial charge in [-0.3, -0.25) is 0 Å². The summed E-state index contributed by atoms with van der Waals surface area (Å²) in [5.74, 6) is 0. The Labute approximate surface area is 118 Å². The number of aromatic nitrogens is 1. The minimum atomic E-state index is -1.29. The number of hydrogen-bond acceptors (Lipinski definition) is 0. The summed E-state index contributed by atoms with van der Waals surface area (Å²) in [5, 5.41) is 3.06. The molecule has 1 aromatic carbocycles. The van der Waals surface area contributed by atoms with E-state index in [2.05, 4.69) is 63.6 Å². The van der Waals surface area contributed by atoms with E-state index >= 15 is 0 Å². The van der Waals surface area contributed by atoms with Crippen LogP contribution in [0, 0.1) is 0 Å². The fourth-order valence-corrected chi connectivity index (χ4v) is 7.28. The van der Waals surface area contributed by atoms with Crippen LogP contribution < -0.4 is 5.32 Å². The van der Waals surface area contributed by atoms with Gasteiger partial charge in [0.15, 0.2) is 0 Å². The van der Waals surface area contributed by atoms with Crippen molar-refractivity contribution in [2.75, 3.05) is 0 Å². The van der Waals surface area contributed by atoms with Gasteiger partial charge in [0.1, 0.15) is 8.07 Å². The summed E-state index contributed by atoms with van der Waals surface area (Å²) in [6.07, 6.45) is 1.12. The maximum Gasteiger partial charge on any atom is 0.107 e. The molecule has 2 aromatic rings. The minimum Gasteiger partial charge on any atom is -0.352 e. The van der Waals surface area contributed by atoms with Gasteiger partial charge in [0, 0.05) is 17.9 Å². The zero-order valence-electron chi connectivity index (χ0n) is 13.1. The monoisotopic (exact) mass is 273 g/mol. The average Bonchev–Trinajstić information content (AvgIpc) is 2.79. The SMILES string of the molecule is CCc1ccc2cc([Si](CC)(CC)CC)n(C)c2c1. The first-order valence-corrected chi connectivity index (χ1v) is 10.3. The van der Waals surface area contributed by atoms with Gasteiger partial charge in [-0.25, -0.2) is 0 Å². The molecule has 0 saturated heterocycles. The number of aryl methyl sites for hydroxylation is 2. The van der Waals surface area contributed by atoms with Crippen molar-refractivity contribution >= 4 is 24.3 Å². The van der Waals surface area contributed by atoms with Crippen molar-refractivity contribution in [1.82, 2.24) is 4.57 Å². The lowest BCUT2D eigenvalue weighted by atomic mass is 10.1. The van der Waals surface area contributed by atoms with E-state index < -0.39 is 8.07 Å². The fraction of sp³-hybridized carbons (Fsp3) is 0.529. The van der Waals surface area contributed by atoms with E-state index in [1.54, 1.807) is 5.32 Å². The van der Waals surface area contributed by atoms with Crippen LogP contribution in [0.5, 0.6) is 0 Å². The van der Waals surface area contributed by atoms with Gasteiger partial charge in [-0.1, -0.05) is 58.0 Å². The molecule has 0 bridgehead atoms. The third-order valence-corrected chi connectivity index (χ3v) is 10.7. The van der Waals surface area contributed by atoms with Crippen molar-refractivity contribution in [2.45, 2.75) is 52.2 Å². The van der Waals surface area contributed by atoms with Crippen LogP contribution in [0.3, 0.4) is 0 Å². The van der Waals surface area contributed by atoms with Crippen LogP contribution in [0.15, 0.2) is 24.3 Å². The van der Waals surface area contributed by atoms with E-state index in [9.17, 15) is 0 Å². The van der Waals surface area contributed by atoms with Gasteiger partial charge >= 0.3 is 0 Å². The quantitative estimate of drug-likeness (QED) is 0.709. The van der Waals surface area contributed by atoms with Crippen LogP contribution in [-0.2, 0) is 13.5 Å². The molecular weight excluding hydrogens is 246 g/mol. The molecule has 0 aliphatic heterocycles. The predicted octanol–water partition coefficient (Wildman–Crippen LogP) is 4.46. The largest absolute Gasteiger partial charge is 0.352 e. The Kier molecular flexibility index (Phi) is 4.19. The Morgan fingerprint density at radius 1 is 0.947 bits per heavy atom. The fourth-order valence-electron chi connectivity index (χ4n) is 3.40. The van der Waals surface area contributed by atoms with Crippen LogP contribution in [-0.4, -0.2) is 12.6 Å². The van der Waals surface area contributed by atoms with Gasteiger partial charge in [0.05, 0.1) is 0 Å². The number of benzene rings is 1. The van der Waals surface area contributed by atoms with Gasteiger partial charge < -0.3 is 4.57 Å². The second-order valence-electron chi connectivity index (χ2n) is 5.68. The predicted molar refractivity (Wildman–Crippen MR) is 89.1 cm³/mol. The maximum absolute atomic E-state index is 2.48. The maximum atomic E-state index is 2.48. The van der Waals surface area contributed by atoms with Gasteiger partial charge in [-0.15, -0.1) is 0 Å². The molecule has 1 nitrogen and oxygen atoms in total. The molecule has 0 saturated carbocycles. The average molecular weight is 273 g/mol.